The van der Waals surface area contributed by atoms with E-state index in [1.807, 2.05) is 41.5 Å². The van der Waals surface area contributed by atoms with Crippen LogP contribution in [0.3, 0.4) is 0 Å². The Morgan fingerprint density at radius 2 is 0.562 bits per heavy atom. The molecule has 0 bridgehead atoms. The first kappa shape index (κ1) is 25.3. The van der Waals surface area contributed by atoms with E-state index in [4.69, 9.17) is 0 Å². The van der Waals surface area contributed by atoms with Crippen LogP contribution in [0.25, 0.3) is 16.0 Å². The minimum absolute atomic E-state index is 0. The third kappa shape index (κ3) is 63.1. The quantitative estimate of drug-likeness (QED) is 0.636. The third-order valence-corrected chi connectivity index (χ3v) is 1.34. The summed E-state index contributed by atoms with van der Waals surface area (Å²) in [7, 11) is 0. The summed E-state index contributed by atoms with van der Waals surface area (Å²) in [5, 5.41) is 11.9. The summed E-state index contributed by atoms with van der Waals surface area (Å²) >= 11 is 0. The Balaban J connectivity index is -0.0000000655. The molecule has 0 fully saturated rings. The molecule has 0 saturated carbocycles. The van der Waals surface area contributed by atoms with Crippen LogP contribution >= 0.6 is 0 Å². The van der Waals surface area contributed by atoms with Crippen molar-refractivity contribution in [1.82, 2.24) is 0 Å². The van der Waals surface area contributed by atoms with E-state index in [0.29, 0.717) is 0 Å². The van der Waals surface area contributed by atoms with Crippen molar-refractivity contribution < 1.29 is 0 Å². The van der Waals surface area contributed by atoms with E-state index < -0.39 is 0 Å². The van der Waals surface area contributed by atoms with E-state index in [1.54, 1.807) is 0 Å². The molecule has 0 rings (SSSR count). The fourth-order valence-electron chi connectivity index (χ4n) is 0.671. The van der Waals surface area contributed by atoms with Crippen molar-refractivity contribution in [2.75, 3.05) is 39.3 Å². The molecule has 0 atom stereocenters. The number of nitrogens with zero attached hydrogens (tertiary/aromatic N) is 3. The molecule has 3 nitrogen and oxygen atoms in total. The largest absolute Gasteiger partial charge is 3.00 e. The van der Waals surface area contributed by atoms with E-state index in [-0.39, 0.29) is 17.4 Å². The zero-order valence-corrected chi connectivity index (χ0v) is 13.3. The molecular weight excluding hydrogens is 213 g/mol. The van der Waals surface area contributed by atoms with Crippen molar-refractivity contribution in [2.24, 2.45) is 0 Å². The summed E-state index contributed by atoms with van der Waals surface area (Å²) in [6, 6.07) is 0. The second-order valence-electron chi connectivity index (χ2n) is 2.57. The minimum atomic E-state index is 0. The first-order valence-electron chi connectivity index (χ1n) is 6.14. The Bertz CT molecular complexity index is 53.0. The summed E-state index contributed by atoms with van der Waals surface area (Å²) in [5.74, 6) is 0. The maximum Gasteiger partial charge on any atom is 3.00 e. The standard InChI is InChI=1S/3C4H10N.Al/c3*1-3-5-4-2;/h3*3-4H2,1-2H3;/q3*-1;+3. The van der Waals surface area contributed by atoms with Crippen LogP contribution in [0, 0.1) is 0 Å². The van der Waals surface area contributed by atoms with E-state index in [9.17, 15) is 0 Å². The van der Waals surface area contributed by atoms with Crippen molar-refractivity contribution in [3.63, 3.8) is 0 Å². The van der Waals surface area contributed by atoms with Gasteiger partial charge in [0.05, 0.1) is 0 Å². The summed E-state index contributed by atoms with van der Waals surface area (Å²) in [5.41, 5.74) is 0. The van der Waals surface area contributed by atoms with Crippen LogP contribution in [0.4, 0.5) is 0 Å². The van der Waals surface area contributed by atoms with Gasteiger partial charge in [0.15, 0.2) is 0 Å². The predicted molar refractivity (Wildman–Crippen MR) is 79.1 cm³/mol. The van der Waals surface area contributed by atoms with Gasteiger partial charge in [0.25, 0.3) is 0 Å². The van der Waals surface area contributed by atoms with E-state index >= 15 is 0 Å². The van der Waals surface area contributed by atoms with Crippen LogP contribution in [-0.4, -0.2) is 56.6 Å². The average Bonchev–Trinajstić information content (AvgIpc) is 2.23. The van der Waals surface area contributed by atoms with Gasteiger partial charge in [0, 0.05) is 0 Å². The van der Waals surface area contributed by atoms with Crippen molar-refractivity contribution in [3.05, 3.63) is 16.0 Å². The average molecular weight is 243 g/mol. The van der Waals surface area contributed by atoms with E-state index in [0.717, 1.165) is 39.3 Å². The molecule has 0 spiro atoms. The Kier molecular flexibility index (Phi) is 57.2. The third-order valence-electron chi connectivity index (χ3n) is 1.34. The molecule has 0 N–H and O–H groups in total. The van der Waals surface area contributed by atoms with Gasteiger partial charge in [-0.1, -0.05) is 41.5 Å². The van der Waals surface area contributed by atoms with Crippen LogP contribution < -0.4 is 0 Å². The minimum Gasteiger partial charge on any atom is -0.663 e. The molecule has 0 aliphatic carbocycles. The molecule has 0 saturated heterocycles. The number of rotatable bonds is 6. The molecule has 4 heteroatoms. The van der Waals surface area contributed by atoms with E-state index in [1.165, 1.54) is 0 Å². The van der Waals surface area contributed by atoms with Gasteiger partial charge in [-0.3, -0.25) is 0 Å². The monoisotopic (exact) mass is 243 g/mol. The second-order valence-corrected chi connectivity index (χ2v) is 2.57. The van der Waals surface area contributed by atoms with Gasteiger partial charge in [0.2, 0.25) is 0 Å². The van der Waals surface area contributed by atoms with Crippen molar-refractivity contribution in [3.8, 4) is 0 Å². The van der Waals surface area contributed by atoms with Gasteiger partial charge in [-0.25, -0.2) is 0 Å². The normalized spacial score (nSPS) is 7.88. The van der Waals surface area contributed by atoms with E-state index in [2.05, 4.69) is 16.0 Å². The summed E-state index contributed by atoms with van der Waals surface area (Å²) in [6.45, 7) is 18.1. The first-order chi connectivity index (χ1) is 7.24. The summed E-state index contributed by atoms with van der Waals surface area (Å²) in [4.78, 5) is 0. The fraction of sp³-hybridized carbons (Fsp3) is 1.00. The van der Waals surface area contributed by atoms with Crippen LogP contribution in [0.5, 0.6) is 0 Å². The van der Waals surface area contributed by atoms with Gasteiger partial charge in [-0.2, -0.15) is 39.3 Å². The SMILES string of the molecule is CC[N-]CC.CC[N-]CC.CC[N-]CC.[Al+3]. The van der Waals surface area contributed by atoms with Crippen molar-refractivity contribution in [1.29, 1.82) is 0 Å². The van der Waals surface area contributed by atoms with Crippen LogP contribution in [0.15, 0.2) is 0 Å². The number of hydrogen-bond acceptors (Lipinski definition) is 0. The molecular formula is C12H30AlN3. The molecule has 0 aliphatic rings. The van der Waals surface area contributed by atoms with Gasteiger partial charge < -0.3 is 16.0 Å². The molecule has 0 unspecified atom stereocenters. The smallest absolute Gasteiger partial charge is 0.663 e. The van der Waals surface area contributed by atoms with Gasteiger partial charge in [-0.15, -0.1) is 0 Å². The van der Waals surface area contributed by atoms with Gasteiger partial charge in [-0.05, 0) is 0 Å². The maximum absolute atomic E-state index is 3.97. The van der Waals surface area contributed by atoms with Crippen LogP contribution in [0.2, 0.25) is 0 Å². The molecule has 0 heterocycles. The molecule has 0 aromatic heterocycles. The molecule has 16 heavy (non-hydrogen) atoms. The Morgan fingerprint density at radius 1 is 0.438 bits per heavy atom. The van der Waals surface area contributed by atoms with Crippen LogP contribution in [-0.2, 0) is 0 Å². The Morgan fingerprint density at radius 3 is 0.562 bits per heavy atom. The topological polar surface area (TPSA) is 42.3 Å². The van der Waals surface area contributed by atoms with Crippen LogP contribution in [0.1, 0.15) is 41.5 Å². The first-order valence-corrected chi connectivity index (χ1v) is 6.14. The summed E-state index contributed by atoms with van der Waals surface area (Å²) in [6.07, 6.45) is 0. The fourth-order valence-corrected chi connectivity index (χ4v) is 0.671. The molecule has 0 radical (unpaired) electrons. The Labute approximate surface area is 114 Å². The molecule has 0 aromatic rings. The maximum atomic E-state index is 3.97. The summed E-state index contributed by atoms with van der Waals surface area (Å²) < 4.78 is 0. The van der Waals surface area contributed by atoms with Crippen molar-refractivity contribution >= 4 is 17.4 Å². The Hall–Kier alpha value is 0.412. The van der Waals surface area contributed by atoms with Gasteiger partial charge >= 0.3 is 17.4 Å². The van der Waals surface area contributed by atoms with Gasteiger partial charge in [0.1, 0.15) is 0 Å². The zero-order valence-electron chi connectivity index (χ0n) is 12.2. The molecule has 0 aromatic carbocycles. The predicted octanol–water partition coefficient (Wildman–Crippen LogP) is 3.82. The zero-order chi connectivity index (χ0) is 12.4. The molecule has 0 aliphatic heterocycles. The molecule has 96 valence electrons. The van der Waals surface area contributed by atoms with Crippen molar-refractivity contribution in [2.45, 2.75) is 41.5 Å². The molecule has 0 amide bonds. The second kappa shape index (κ2) is 36.1. The number of hydrogen-bond donors (Lipinski definition) is 0.